The summed E-state index contributed by atoms with van der Waals surface area (Å²) in [6, 6.07) is 0.243. The summed E-state index contributed by atoms with van der Waals surface area (Å²) in [5.41, 5.74) is 0. The van der Waals surface area contributed by atoms with Crippen molar-refractivity contribution in [1.82, 2.24) is 4.90 Å². The Morgan fingerprint density at radius 2 is 2.08 bits per heavy atom. The number of halogens is 2. The maximum absolute atomic E-state index is 13.2. The number of alkyl halides is 2. The van der Waals surface area contributed by atoms with Crippen molar-refractivity contribution in [3.63, 3.8) is 0 Å². The van der Waals surface area contributed by atoms with Crippen LogP contribution < -0.4 is 0 Å². The lowest BCUT2D eigenvalue weighted by molar-refractivity contribution is -0.0291. The highest BCUT2D eigenvalue weighted by atomic mass is 19.3. The van der Waals surface area contributed by atoms with Gasteiger partial charge in [-0.05, 0) is 20.3 Å². The van der Waals surface area contributed by atoms with Crippen molar-refractivity contribution in [3.05, 3.63) is 0 Å². The fraction of sp³-hybridized carbons (Fsp3) is 1.00. The third-order valence-corrected chi connectivity index (χ3v) is 2.69. The lowest BCUT2D eigenvalue weighted by Gasteiger charge is -2.19. The van der Waals surface area contributed by atoms with Gasteiger partial charge in [0.2, 0.25) is 0 Å². The van der Waals surface area contributed by atoms with Crippen molar-refractivity contribution in [2.75, 3.05) is 13.1 Å². The lowest BCUT2D eigenvalue weighted by Crippen LogP contribution is -2.31. The van der Waals surface area contributed by atoms with Gasteiger partial charge in [-0.1, -0.05) is 6.92 Å². The van der Waals surface area contributed by atoms with Crippen LogP contribution in [-0.4, -0.2) is 30.0 Å². The van der Waals surface area contributed by atoms with Crippen LogP contribution >= 0.6 is 0 Å². The molecule has 0 saturated carbocycles. The maximum Gasteiger partial charge on any atom is 0.264 e. The zero-order valence-corrected chi connectivity index (χ0v) is 7.98. The molecule has 0 aromatic rings. The van der Waals surface area contributed by atoms with Crippen molar-refractivity contribution in [3.8, 4) is 0 Å². The molecule has 72 valence electrons. The van der Waals surface area contributed by atoms with E-state index in [4.69, 9.17) is 0 Å². The first kappa shape index (κ1) is 9.90. The molecule has 0 radical (unpaired) electrons. The van der Waals surface area contributed by atoms with Crippen molar-refractivity contribution in [2.45, 2.75) is 39.2 Å². The van der Waals surface area contributed by atoms with Gasteiger partial charge in [0, 0.05) is 18.5 Å². The SMILES string of the molecule is CCC1CN(C(C)C)CC1(F)F. The highest BCUT2D eigenvalue weighted by Crippen LogP contribution is 2.35. The van der Waals surface area contributed by atoms with E-state index in [0.717, 1.165) is 0 Å². The molecule has 1 saturated heterocycles. The van der Waals surface area contributed by atoms with Gasteiger partial charge in [-0.25, -0.2) is 8.78 Å². The molecule has 0 aromatic heterocycles. The van der Waals surface area contributed by atoms with Crippen molar-refractivity contribution >= 4 is 0 Å². The van der Waals surface area contributed by atoms with Crippen LogP contribution in [0.5, 0.6) is 0 Å². The van der Waals surface area contributed by atoms with E-state index in [1.165, 1.54) is 0 Å². The average Bonchev–Trinajstić information content (AvgIpc) is 2.25. The third kappa shape index (κ3) is 1.76. The van der Waals surface area contributed by atoms with E-state index in [2.05, 4.69) is 0 Å². The average molecular weight is 177 g/mol. The van der Waals surface area contributed by atoms with E-state index in [0.29, 0.717) is 13.0 Å². The molecule has 12 heavy (non-hydrogen) atoms. The second-order valence-corrected chi connectivity index (χ2v) is 3.89. The van der Waals surface area contributed by atoms with Crippen molar-refractivity contribution in [2.24, 2.45) is 5.92 Å². The first-order chi connectivity index (χ1) is 5.47. The molecule has 1 heterocycles. The van der Waals surface area contributed by atoms with E-state index >= 15 is 0 Å². The Balaban J connectivity index is 2.60. The van der Waals surface area contributed by atoms with Gasteiger partial charge in [0.05, 0.1) is 6.54 Å². The molecule has 0 spiro atoms. The van der Waals surface area contributed by atoms with E-state index in [1.807, 2.05) is 25.7 Å². The smallest absolute Gasteiger partial charge is 0.264 e. The summed E-state index contributed by atoms with van der Waals surface area (Å²) in [6.07, 6.45) is 0.580. The summed E-state index contributed by atoms with van der Waals surface area (Å²) < 4.78 is 26.4. The van der Waals surface area contributed by atoms with Crippen LogP contribution in [0, 0.1) is 5.92 Å². The summed E-state index contributed by atoms with van der Waals surface area (Å²) in [5, 5.41) is 0. The number of hydrogen-bond donors (Lipinski definition) is 0. The highest BCUT2D eigenvalue weighted by molar-refractivity contribution is 4.90. The van der Waals surface area contributed by atoms with Gasteiger partial charge < -0.3 is 0 Å². The van der Waals surface area contributed by atoms with Crippen LogP contribution in [0.1, 0.15) is 27.2 Å². The molecule has 1 aliphatic heterocycles. The molecular weight excluding hydrogens is 160 g/mol. The molecule has 1 nitrogen and oxygen atoms in total. The van der Waals surface area contributed by atoms with Gasteiger partial charge in [-0.2, -0.15) is 0 Å². The summed E-state index contributed by atoms with van der Waals surface area (Å²) in [6.45, 7) is 6.27. The molecule has 1 atom stereocenters. The predicted molar refractivity (Wildman–Crippen MR) is 45.4 cm³/mol. The Kier molecular flexibility index (Phi) is 2.71. The van der Waals surface area contributed by atoms with Crippen LogP contribution in [0.4, 0.5) is 8.78 Å². The van der Waals surface area contributed by atoms with E-state index < -0.39 is 11.8 Å². The van der Waals surface area contributed by atoms with Gasteiger partial charge >= 0.3 is 0 Å². The van der Waals surface area contributed by atoms with Gasteiger partial charge in [-0.3, -0.25) is 4.90 Å². The molecule has 0 N–H and O–H groups in total. The Morgan fingerprint density at radius 3 is 2.33 bits per heavy atom. The van der Waals surface area contributed by atoms with Crippen LogP contribution in [0.2, 0.25) is 0 Å². The standard InChI is InChI=1S/C9H17F2N/c1-4-8-5-12(7(2)3)6-9(8,10)11/h7-8H,4-6H2,1-3H3. The summed E-state index contributed by atoms with van der Waals surface area (Å²) in [7, 11) is 0. The van der Waals surface area contributed by atoms with Crippen LogP contribution in [0.15, 0.2) is 0 Å². The Morgan fingerprint density at radius 1 is 1.50 bits per heavy atom. The van der Waals surface area contributed by atoms with Crippen LogP contribution in [0.25, 0.3) is 0 Å². The molecule has 0 amide bonds. The second-order valence-electron chi connectivity index (χ2n) is 3.89. The number of likely N-dealkylation sites (tertiary alicyclic amines) is 1. The molecule has 1 fully saturated rings. The highest BCUT2D eigenvalue weighted by Gasteiger charge is 2.47. The first-order valence-electron chi connectivity index (χ1n) is 4.59. The van der Waals surface area contributed by atoms with E-state index in [1.54, 1.807) is 0 Å². The summed E-state index contributed by atoms with van der Waals surface area (Å²) >= 11 is 0. The molecule has 0 aromatic carbocycles. The minimum absolute atomic E-state index is 0.0524. The van der Waals surface area contributed by atoms with Crippen LogP contribution in [0.3, 0.4) is 0 Å². The minimum Gasteiger partial charge on any atom is -0.295 e. The Labute approximate surface area is 72.7 Å². The predicted octanol–water partition coefficient (Wildman–Crippen LogP) is 2.37. The Bertz CT molecular complexity index is 157. The number of hydrogen-bond acceptors (Lipinski definition) is 1. The topological polar surface area (TPSA) is 3.24 Å². The zero-order valence-electron chi connectivity index (χ0n) is 7.98. The third-order valence-electron chi connectivity index (χ3n) is 2.69. The number of rotatable bonds is 2. The van der Waals surface area contributed by atoms with Gasteiger partial charge in [0.15, 0.2) is 0 Å². The molecule has 1 unspecified atom stereocenters. The fourth-order valence-electron chi connectivity index (χ4n) is 1.70. The Hall–Kier alpha value is -0.180. The lowest BCUT2D eigenvalue weighted by atomic mass is 10.0. The largest absolute Gasteiger partial charge is 0.295 e. The molecule has 1 aliphatic rings. The van der Waals surface area contributed by atoms with E-state index in [9.17, 15) is 8.78 Å². The normalized spacial score (nSPS) is 30.0. The fourth-order valence-corrected chi connectivity index (χ4v) is 1.70. The van der Waals surface area contributed by atoms with Crippen molar-refractivity contribution < 1.29 is 8.78 Å². The molecule has 0 aliphatic carbocycles. The summed E-state index contributed by atoms with van der Waals surface area (Å²) in [5.74, 6) is -2.89. The first-order valence-corrected chi connectivity index (χ1v) is 4.59. The minimum atomic E-state index is -2.46. The molecule has 3 heteroatoms. The quantitative estimate of drug-likeness (QED) is 0.626. The van der Waals surface area contributed by atoms with Crippen LogP contribution in [-0.2, 0) is 0 Å². The van der Waals surface area contributed by atoms with Gasteiger partial charge in [0.1, 0.15) is 0 Å². The van der Waals surface area contributed by atoms with Gasteiger partial charge in [-0.15, -0.1) is 0 Å². The maximum atomic E-state index is 13.2. The monoisotopic (exact) mass is 177 g/mol. The molecule has 0 bridgehead atoms. The summed E-state index contributed by atoms with van der Waals surface area (Å²) in [4.78, 5) is 1.86. The van der Waals surface area contributed by atoms with Crippen molar-refractivity contribution in [1.29, 1.82) is 0 Å². The zero-order chi connectivity index (χ0) is 9.35. The number of nitrogens with zero attached hydrogens (tertiary/aromatic N) is 1. The van der Waals surface area contributed by atoms with Gasteiger partial charge in [0.25, 0.3) is 5.92 Å². The molecular formula is C9H17F2N. The molecule has 1 rings (SSSR count). The van der Waals surface area contributed by atoms with E-state index in [-0.39, 0.29) is 12.6 Å². The second kappa shape index (κ2) is 3.29.